The summed E-state index contributed by atoms with van der Waals surface area (Å²) >= 11 is -0.740. The van der Waals surface area contributed by atoms with Crippen molar-refractivity contribution in [2.24, 2.45) is 0 Å². The Morgan fingerprint density at radius 1 is 1.55 bits per heavy atom. The molecule has 1 rings (SSSR count). The average Bonchev–Trinajstić information content (AvgIpc) is 2.13. The molecule has 0 radical (unpaired) electrons. The average molecular weight is 198 g/mol. The van der Waals surface area contributed by atoms with Crippen LogP contribution in [0.2, 0.25) is 0 Å². The fraction of sp³-hybridized carbons (Fsp3) is 0.333. The van der Waals surface area contributed by atoms with Crippen molar-refractivity contribution in [3.8, 4) is 0 Å². The molecule has 11 heavy (non-hydrogen) atoms. The van der Waals surface area contributed by atoms with Gasteiger partial charge in [-0.3, -0.25) is 4.21 Å². The van der Waals surface area contributed by atoms with Crippen LogP contribution in [0.5, 0.6) is 0 Å². The van der Waals surface area contributed by atoms with Gasteiger partial charge in [0.15, 0.2) is 0 Å². The van der Waals surface area contributed by atoms with Gasteiger partial charge in [0.05, 0.1) is 4.21 Å². The van der Waals surface area contributed by atoms with Crippen LogP contribution in [0, 0.1) is 13.8 Å². The molecule has 5 heteroatoms. The second kappa shape index (κ2) is 4.74. The molecule has 0 aliphatic rings. The minimum absolute atomic E-state index is 0. The van der Waals surface area contributed by atoms with Crippen molar-refractivity contribution in [3.05, 3.63) is 16.5 Å². The molecule has 0 bridgehead atoms. The predicted octanol–water partition coefficient (Wildman–Crippen LogP) is -1.39. The number of rotatable bonds is 1. The van der Waals surface area contributed by atoms with E-state index in [4.69, 9.17) is 0 Å². The summed E-state index contributed by atoms with van der Waals surface area (Å²) in [5, 5.41) is 0. The predicted molar refractivity (Wildman–Crippen MR) is 41.0 cm³/mol. The SMILES string of the molecule is Cc1cc(S(=O)[O-])sc1C.[Na+]. The summed E-state index contributed by atoms with van der Waals surface area (Å²) in [6.45, 7) is 3.82. The first-order valence-corrected chi connectivity index (χ1v) is 4.66. The molecular weight excluding hydrogens is 191 g/mol. The van der Waals surface area contributed by atoms with Gasteiger partial charge in [-0.05, 0) is 36.6 Å². The first-order valence-electron chi connectivity index (χ1n) is 2.77. The van der Waals surface area contributed by atoms with Crippen molar-refractivity contribution >= 4 is 22.4 Å². The van der Waals surface area contributed by atoms with Gasteiger partial charge in [-0.25, -0.2) is 0 Å². The molecule has 1 unspecified atom stereocenters. The summed E-state index contributed by atoms with van der Waals surface area (Å²) in [5.41, 5.74) is 1.05. The normalized spacial score (nSPS) is 12.3. The Morgan fingerprint density at radius 2 is 2.09 bits per heavy atom. The van der Waals surface area contributed by atoms with Gasteiger partial charge in [-0.2, -0.15) is 0 Å². The van der Waals surface area contributed by atoms with Gasteiger partial charge in [0.25, 0.3) is 0 Å². The third-order valence-corrected chi connectivity index (χ3v) is 3.36. The third-order valence-electron chi connectivity index (χ3n) is 1.31. The third kappa shape index (κ3) is 2.97. The van der Waals surface area contributed by atoms with E-state index in [2.05, 4.69) is 0 Å². The Kier molecular flexibility index (Phi) is 5.09. The van der Waals surface area contributed by atoms with Crippen molar-refractivity contribution in [1.29, 1.82) is 0 Å². The Balaban J connectivity index is 0.000001000. The molecular formula is C6H7NaO2S2. The summed E-state index contributed by atoms with van der Waals surface area (Å²) in [6.07, 6.45) is 0. The van der Waals surface area contributed by atoms with Gasteiger partial charge >= 0.3 is 29.6 Å². The molecule has 0 aliphatic carbocycles. The van der Waals surface area contributed by atoms with E-state index in [1.165, 1.54) is 11.3 Å². The van der Waals surface area contributed by atoms with Gasteiger partial charge in [0.2, 0.25) is 0 Å². The molecule has 0 aromatic carbocycles. The molecule has 0 aliphatic heterocycles. The molecule has 0 fully saturated rings. The molecule has 2 nitrogen and oxygen atoms in total. The smallest absolute Gasteiger partial charge is 0.768 e. The Hall–Kier alpha value is 0.810. The van der Waals surface area contributed by atoms with Crippen LogP contribution in [0.1, 0.15) is 10.4 Å². The van der Waals surface area contributed by atoms with Crippen LogP contribution in [0.4, 0.5) is 0 Å². The number of hydrogen-bond acceptors (Lipinski definition) is 3. The molecule has 0 saturated heterocycles. The maximum atomic E-state index is 10.4. The van der Waals surface area contributed by atoms with Crippen molar-refractivity contribution in [1.82, 2.24) is 0 Å². The van der Waals surface area contributed by atoms with E-state index < -0.39 is 11.1 Å². The van der Waals surface area contributed by atoms with Crippen LogP contribution >= 0.6 is 11.3 Å². The maximum Gasteiger partial charge on any atom is 1.00 e. The molecule has 0 N–H and O–H groups in total. The Labute approximate surface area is 94.6 Å². The van der Waals surface area contributed by atoms with E-state index >= 15 is 0 Å². The number of thiophene rings is 1. The van der Waals surface area contributed by atoms with E-state index in [-0.39, 0.29) is 29.6 Å². The van der Waals surface area contributed by atoms with E-state index in [9.17, 15) is 8.76 Å². The molecule has 0 amide bonds. The van der Waals surface area contributed by atoms with Crippen LogP contribution in [0.25, 0.3) is 0 Å². The zero-order valence-electron chi connectivity index (χ0n) is 6.71. The summed E-state index contributed by atoms with van der Waals surface area (Å²) in [6, 6.07) is 1.68. The fourth-order valence-electron chi connectivity index (χ4n) is 0.621. The topological polar surface area (TPSA) is 40.1 Å². The quantitative estimate of drug-likeness (QED) is 0.411. The van der Waals surface area contributed by atoms with Gasteiger partial charge in [-0.1, -0.05) is 0 Å². The zero-order valence-corrected chi connectivity index (χ0v) is 10.3. The second-order valence-electron chi connectivity index (χ2n) is 2.04. The van der Waals surface area contributed by atoms with Crippen LogP contribution in [0.3, 0.4) is 0 Å². The van der Waals surface area contributed by atoms with Crippen molar-refractivity contribution in [2.75, 3.05) is 0 Å². The number of hydrogen-bond donors (Lipinski definition) is 0. The minimum atomic E-state index is -2.05. The molecule has 56 valence electrons. The standard InChI is InChI=1S/C6H8O2S2.Na/c1-4-3-6(10(7)8)9-5(4)2;/h3H,1-2H3,(H,7,8);/q;+1/p-1. The molecule has 1 aromatic rings. The first kappa shape index (κ1) is 11.8. The molecule has 1 aromatic heterocycles. The van der Waals surface area contributed by atoms with E-state index in [1.807, 2.05) is 13.8 Å². The molecule has 1 atom stereocenters. The number of aryl methyl sites for hydroxylation is 2. The van der Waals surface area contributed by atoms with Crippen LogP contribution < -0.4 is 29.6 Å². The summed E-state index contributed by atoms with van der Waals surface area (Å²) in [5.74, 6) is 0. The monoisotopic (exact) mass is 198 g/mol. The van der Waals surface area contributed by atoms with E-state index in [0.717, 1.165) is 10.4 Å². The second-order valence-corrected chi connectivity index (χ2v) is 4.46. The van der Waals surface area contributed by atoms with E-state index in [1.54, 1.807) is 6.07 Å². The van der Waals surface area contributed by atoms with Crippen LogP contribution in [-0.4, -0.2) is 8.76 Å². The maximum absolute atomic E-state index is 10.4. The Bertz CT molecular complexity index is 250. The first-order chi connectivity index (χ1) is 4.61. The van der Waals surface area contributed by atoms with Gasteiger partial charge in [0.1, 0.15) is 0 Å². The largest absolute Gasteiger partial charge is 1.00 e. The van der Waals surface area contributed by atoms with Crippen LogP contribution in [0.15, 0.2) is 10.3 Å². The molecule has 0 spiro atoms. The Morgan fingerprint density at radius 3 is 2.27 bits per heavy atom. The summed E-state index contributed by atoms with van der Waals surface area (Å²) < 4.78 is 21.2. The van der Waals surface area contributed by atoms with Crippen LogP contribution in [-0.2, 0) is 11.1 Å². The van der Waals surface area contributed by atoms with Gasteiger partial charge in [-0.15, -0.1) is 11.3 Å². The molecule has 0 saturated carbocycles. The molecule has 1 heterocycles. The summed E-state index contributed by atoms with van der Waals surface area (Å²) in [4.78, 5) is 1.07. The van der Waals surface area contributed by atoms with Crippen molar-refractivity contribution in [2.45, 2.75) is 18.1 Å². The zero-order chi connectivity index (χ0) is 7.72. The minimum Gasteiger partial charge on any atom is -0.768 e. The van der Waals surface area contributed by atoms with Crippen molar-refractivity contribution < 1.29 is 38.3 Å². The van der Waals surface area contributed by atoms with Gasteiger partial charge < -0.3 is 4.55 Å². The fourth-order valence-corrected chi connectivity index (χ4v) is 2.30. The van der Waals surface area contributed by atoms with E-state index in [0.29, 0.717) is 4.21 Å². The summed E-state index contributed by atoms with van der Waals surface area (Å²) in [7, 11) is 0. The van der Waals surface area contributed by atoms with Gasteiger partial charge in [0, 0.05) is 4.88 Å². The van der Waals surface area contributed by atoms with Crippen molar-refractivity contribution in [3.63, 3.8) is 0 Å².